The Labute approximate surface area is 91.0 Å². The summed E-state index contributed by atoms with van der Waals surface area (Å²) >= 11 is 0. The van der Waals surface area contributed by atoms with Gasteiger partial charge in [0.15, 0.2) is 0 Å². The number of piperidine rings is 1. The minimum Gasteiger partial charge on any atom is -0.453 e. The summed E-state index contributed by atoms with van der Waals surface area (Å²) in [5.41, 5.74) is 0.298. The molecule has 4 nitrogen and oxygen atoms in total. The van der Waals surface area contributed by atoms with Crippen molar-refractivity contribution in [2.75, 3.05) is 26.7 Å². The lowest BCUT2D eigenvalue weighted by Gasteiger charge is -2.38. The predicted octanol–water partition coefficient (Wildman–Crippen LogP) is 1.22. The molecule has 2 heterocycles. The van der Waals surface area contributed by atoms with E-state index in [0.717, 1.165) is 26.1 Å². The van der Waals surface area contributed by atoms with Crippen LogP contribution in [-0.4, -0.2) is 43.8 Å². The number of nitrogens with one attached hydrogen (secondary N) is 1. The molecule has 2 rings (SSSR count). The van der Waals surface area contributed by atoms with Gasteiger partial charge >= 0.3 is 6.09 Å². The summed E-state index contributed by atoms with van der Waals surface area (Å²) in [6.45, 7) is 5.15. The summed E-state index contributed by atoms with van der Waals surface area (Å²) in [6, 6.07) is 0.303. The van der Waals surface area contributed by atoms with Crippen molar-refractivity contribution in [3.63, 3.8) is 0 Å². The largest absolute Gasteiger partial charge is 0.453 e. The quantitative estimate of drug-likeness (QED) is 0.656. The van der Waals surface area contributed by atoms with Crippen LogP contribution in [0.15, 0.2) is 0 Å². The molecule has 86 valence electrons. The molecule has 0 saturated carbocycles. The second-order valence-electron chi connectivity index (χ2n) is 4.73. The van der Waals surface area contributed by atoms with Gasteiger partial charge in [-0.1, -0.05) is 0 Å². The summed E-state index contributed by atoms with van der Waals surface area (Å²) in [4.78, 5) is 13.4. The first-order chi connectivity index (χ1) is 7.19. The number of nitrogens with zero attached hydrogens (tertiary/aromatic N) is 1. The Kier molecular flexibility index (Phi) is 2.87. The van der Waals surface area contributed by atoms with E-state index in [-0.39, 0.29) is 6.09 Å². The first-order valence-electron chi connectivity index (χ1n) is 5.75. The minimum absolute atomic E-state index is 0.176. The van der Waals surface area contributed by atoms with Crippen molar-refractivity contribution in [1.82, 2.24) is 10.2 Å². The van der Waals surface area contributed by atoms with E-state index in [1.807, 2.05) is 4.90 Å². The third kappa shape index (κ3) is 1.71. The fraction of sp³-hybridized carbons (Fsp3) is 0.909. The van der Waals surface area contributed by atoms with Gasteiger partial charge in [-0.3, -0.25) is 0 Å². The van der Waals surface area contributed by atoms with E-state index >= 15 is 0 Å². The van der Waals surface area contributed by atoms with Crippen molar-refractivity contribution in [3.8, 4) is 0 Å². The number of ether oxygens (including phenoxy) is 1. The van der Waals surface area contributed by atoms with E-state index in [4.69, 9.17) is 4.74 Å². The van der Waals surface area contributed by atoms with Gasteiger partial charge in [-0.25, -0.2) is 4.79 Å². The molecule has 0 aliphatic carbocycles. The van der Waals surface area contributed by atoms with Crippen LogP contribution in [0.25, 0.3) is 0 Å². The van der Waals surface area contributed by atoms with Gasteiger partial charge in [0.25, 0.3) is 0 Å². The van der Waals surface area contributed by atoms with Gasteiger partial charge in [-0.2, -0.15) is 0 Å². The second-order valence-corrected chi connectivity index (χ2v) is 4.73. The molecule has 0 aromatic carbocycles. The number of carbonyl (C=O) groups is 1. The molecular weight excluding hydrogens is 192 g/mol. The lowest BCUT2D eigenvalue weighted by Crippen LogP contribution is -2.48. The molecule has 2 unspecified atom stereocenters. The Balaban J connectivity index is 2.08. The highest BCUT2D eigenvalue weighted by molar-refractivity contribution is 5.68. The molecular formula is C11H20N2O2. The summed E-state index contributed by atoms with van der Waals surface area (Å²) < 4.78 is 4.81. The predicted molar refractivity (Wildman–Crippen MR) is 57.7 cm³/mol. The number of hydrogen-bond acceptors (Lipinski definition) is 3. The average molecular weight is 212 g/mol. The molecule has 1 spiro atoms. The van der Waals surface area contributed by atoms with Crippen LogP contribution in [0.4, 0.5) is 4.79 Å². The lowest BCUT2D eigenvalue weighted by molar-refractivity contribution is 0.0953. The molecule has 2 atom stereocenters. The van der Waals surface area contributed by atoms with E-state index in [2.05, 4.69) is 12.2 Å². The van der Waals surface area contributed by atoms with E-state index in [1.54, 1.807) is 0 Å². The molecule has 2 saturated heterocycles. The molecule has 15 heavy (non-hydrogen) atoms. The molecule has 4 heteroatoms. The molecule has 1 N–H and O–H groups in total. The van der Waals surface area contributed by atoms with Gasteiger partial charge in [0, 0.05) is 24.5 Å². The maximum absolute atomic E-state index is 11.5. The lowest BCUT2D eigenvalue weighted by atomic mass is 9.75. The summed E-state index contributed by atoms with van der Waals surface area (Å²) in [5.74, 6) is 0. The number of likely N-dealkylation sites (tertiary alicyclic amines) is 1. The highest BCUT2D eigenvalue weighted by Gasteiger charge is 2.47. The topological polar surface area (TPSA) is 41.6 Å². The van der Waals surface area contributed by atoms with Gasteiger partial charge in [0.1, 0.15) is 0 Å². The standard InChI is InChI=1S/C11H20N2O2/c1-9-11(4-3-6-12-8-11)5-7-13(9)10(14)15-2/h9,12H,3-8H2,1-2H3. The van der Waals surface area contributed by atoms with Crippen molar-refractivity contribution in [2.24, 2.45) is 5.41 Å². The van der Waals surface area contributed by atoms with Gasteiger partial charge in [-0.15, -0.1) is 0 Å². The van der Waals surface area contributed by atoms with Crippen LogP contribution < -0.4 is 5.32 Å². The summed E-state index contributed by atoms with van der Waals surface area (Å²) in [5, 5.41) is 3.45. The van der Waals surface area contributed by atoms with Gasteiger partial charge in [0.2, 0.25) is 0 Å². The fourth-order valence-electron chi connectivity index (χ4n) is 3.00. The Bertz CT molecular complexity index is 249. The summed E-state index contributed by atoms with van der Waals surface area (Å²) in [7, 11) is 1.46. The van der Waals surface area contributed by atoms with Crippen LogP contribution >= 0.6 is 0 Å². The number of carbonyl (C=O) groups excluding carboxylic acids is 1. The minimum atomic E-state index is -0.176. The summed E-state index contributed by atoms with van der Waals surface area (Å²) in [6.07, 6.45) is 3.38. The number of methoxy groups -OCH3 is 1. The molecule has 0 bridgehead atoms. The molecule has 0 radical (unpaired) electrons. The van der Waals surface area contributed by atoms with E-state index in [0.29, 0.717) is 11.5 Å². The highest BCUT2D eigenvalue weighted by atomic mass is 16.5. The zero-order valence-electron chi connectivity index (χ0n) is 9.58. The van der Waals surface area contributed by atoms with Crippen LogP contribution in [0, 0.1) is 5.41 Å². The smallest absolute Gasteiger partial charge is 0.409 e. The van der Waals surface area contributed by atoms with Gasteiger partial charge in [-0.05, 0) is 32.7 Å². The van der Waals surface area contributed by atoms with Gasteiger partial charge in [0.05, 0.1) is 7.11 Å². The van der Waals surface area contributed by atoms with Crippen LogP contribution in [-0.2, 0) is 4.74 Å². The monoisotopic (exact) mass is 212 g/mol. The zero-order chi connectivity index (χ0) is 10.9. The first kappa shape index (κ1) is 10.7. The third-order valence-corrected chi connectivity index (χ3v) is 4.12. The molecule has 0 aromatic rings. The van der Waals surface area contributed by atoms with Crippen LogP contribution in [0.1, 0.15) is 26.2 Å². The Hall–Kier alpha value is -0.770. The van der Waals surface area contributed by atoms with Crippen molar-refractivity contribution < 1.29 is 9.53 Å². The highest BCUT2D eigenvalue weighted by Crippen LogP contribution is 2.41. The van der Waals surface area contributed by atoms with E-state index < -0.39 is 0 Å². The normalized spacial score (nSPS) is 35.9. The zero-order valence-corrected chi connectivity index (χ0v) is 9.58. The Morgan fingerprint density at radius 1 is 1.53 bits per heavy atom. The number of rotatable bonds is 0. The molecule has 0 aromatic heterocycles. The maximum Gasteiger partial charge on any atom is 0.409 e. The molecule has 2 aliphatic rings. The van der Waals surface area contributed by atoms with E-state index in [9.17, 15) is 4.79 Å². The van der Waals surface area contributed by atoms with Crippen molar-refractivity contribution >= 4 is 6.09 Å². The second kappa shape index (κ2) is 4.00. The third-order valence-electron chi connectivity index (χ3n) is 4.12. The van der Waals surface area contributed by atoms with Crippen molar-refractivity contribution in [2.45, 2.75) is 32.2 Å². The molecule has 2 fully saturated rings. The first-order valence-corrected chi connectivity index (χ1v) is 5.75. The number of hydrogen-bond donors (Lipinski definition) is 1. The van der Waals surface area contributed by atoms with Crippen LogP contribution in [0.2, 0.25) is 0 Å². The molecule has 1 amide bonds. The van der Waals surface area contributed by atoms with Gasteiger partial charge < -0.3 is 15.0 Å². The molecule has 2 aliphatic heterocycles. The maximum atomic E-state index is 11.5. The van der Waals surface area contributed by atoms with Crippen molar-refractivity contribution in [3.05, 3.63) is 0 Å². The Morgan fingerprint density at radius 3 is 2.93 bits per heavy atom. The SMILES string of the molecule is COC(=O)N1CCC2(CCCNC2)C1C. The Morgan fingerprint density at radius 2 is 2.33 bits per heavy atom. The number of amides is 1. The fourth-order valence-corrected chi connectivity index (χ4v) is 3.00. The average Bonchev–Trinajstić information content (AvgIpc) is 2.58. The van der Waals surface area contributed by atoms with E-state index in [1.165, 1.54) is 20.0 Å². The van der Waals surface area contributed by atoms with Crippen LogP contribution in [0.3, 0.4) is 0 Å². The van der Waals surface area contributed by atoms with Crippen molar-refractivity contribution in [1.29, 1.82) is 0 Å². The van der Waals surface area contributed by atoms with Crippen LogP contribution in [0.5, 0.6) is 0 Å².